The molecule has 2 heterocycles. The maximum Gasteiger partial charge on any atom is 0.324 e. The van der Waals surface area contributed by atoms with Crippen LogP contribution in [-0.4, -0.2) is 66.4 Å². The van der Waals surface area contributed by atoms with Crippen LogP contribution in [0, 0.1) is 0 Å². The summed E-state index contributed by atoms with van der Waals surface area (Å²) < 4.78 is 32.2. The fourth-order valence-electron chi connectivity index (χ4n) is 2.95. The van der Waals surface area contributed by atoms with Crippen molar-refractivity contribution in [3.8, 4) is 0 Å². The van der Waals surface area contributed by atoms with Crippen LogP contribution >= 0.6 is 0 Å². The van der Waals surface area contributed by atoms with E-state index in [2.05, 4.69) is 4.74 Å². The van der Waals surface area contributed by atoms with Crippen molar-refractivity contribution in [1.29, 1.82) is 0 Å². The first-order valence-corrected chi connectivity index (χ1v) is 8.38. The lowest BCUT2D eigenvalue weighted by Crippen LogP contribution is -2.55. The minimum Gasteiger partial charge on any atom is -0.480 e. The molecule has 0 radical (unpaired) electrons. The van der Waals surface area contributed by atoms with E-state index >= 15 is 0 Å². The number of rotatable bonds is 4. The zero-order valence-corrected chi connectivity index (χ0v) is 12.7. The summed E-state index contributed by atoms with van der Waals surface area (Å²) in [7, 11) is -2.76. The third kappa shape index (κ3) is 3.04. The molecule has 2 saturated heterocycles. The van der Waals surface area contributed by atoms with Crippen molar-refractivity contribution in [2.75, 3.05) is 20.2 Å². The van der Waals surface area contributed by atoms with E-state index in [4.69, 9.17) is 0 Å². The van der Waals surface area contributed by atoms with Gasteiger partial charge in [0.1, 0.15) is 12.1 Å². The summed E-state index contributed by atoms with van der Waals surface area (Å²) in [5, 5.41) is 9.22. The van der Waals surface area contributed by atoms with Crippen LogP contribution in [-0.2, 0) is 24.5 Å². The molecule has 21 heavy (non-hydrogen) atoms. The molecule has 0 bridgehead atoms. The number of carbonyl (C=O) groups is 2. The van der Waals surface area contributed by atoms with E-state index in [9.17, 15) is 23.1 Å². The van der Waals surface area contributed by atoms with Crippen LogP contribution in [0.4, 0.5) is 0 Å². The monoisotopic (exact) mass is 320 g/mol. The quantitative estimate of drug-likeness (QED) is 0.720. The van der Waals surface area contributed by atoms with E-state index in [1.54, 1.807) is 0 Å². The van der Waals surface area contributed by atoms with Gasteiger partial charge in [-0.2, -0.15) is 17.0 Å². The Labute approximate surface area is 123 Å². The Morgan fingerprint density at radius 3 is 2.24 bits per heavy atom. The molecule has 0 aliphatic carbocycles. The Morgan fingerprint density at radius 2 is 1.62 bits per heavy atom. The van der Waals surface area contributed by atoms with Crippen molar-refractivity contribution in [3.05, 3.63) is 0 Å². The second-order valence-corrected chi connectivity index (χ2v) is 7.09. The molecule has 0 saturated carbocycles. The van der Waals surface area contributed by atoms with Gasteiger partial charge in [-0.1, -0.05) is 0 Å². The Hall–Kier alpha value is -1.19. The molecule has 0 aromatic heterocycles. The number of ether oxygens (including phenoxy) is 1. The van der Waals surface area contributed by atoms with Crippen molar-refractivity contribution in [3.63, 3.8) is 0 Å². The highest BCUT2D eigenvalue weighted by Gasteiger charge is 2.46. The molecule has 0 amide bonds. The number of piperidine rings is 1. The second-order valence-electron chi connectivity index (χ2n) is 5.26. The topological polar surface area (TPSA) is 104 Å². The van der Waals surface area contributed by atoms with E-state index in [0.29, 0.717) is 32.1 Å². The van der Waals surface area contributed by atoms with Crippen LogP contribution in [0.3, 0.4) is 0 Å². The molecular formula is C12H20N2O6S. The highest BCUT2D eigenvalue weighted by molar-refractivity contribution is 7.86. The van der Waals surface area contributed by atoms with Crippen molar-refractivity contribution in [1.82, 2.24) is 8.61 Å². The van der Waals surface area contributed by atoms with Gasteiger partial charge in [-0.05, 0) is 32.1 Å². The van der Waals surface area contributed by atoms with E-state index in [-0.39, 0.29) is 13.1 Å². The summed E-state index contributed by atoms with van der Waals surface area (Å²) in [4.78, 5) is 23.0. The summed E-state index contributed by atoms with van der Waals surface area (Å²) in [6.45, 7) is 0.384. The largest absolute Gasteiger partial charge is 0.480 e. The Bertz CT molecular complexity index is 520. The minimum absolute atomic E-state index is 0.170. The molecule has 2 aliphatic rings. The fourth-order valence-corrected chi connectivity index (χ4v) is 4.97. The number of carboxylic acids is 1. The number of carboxylic acid groups (broad SMARTS) is 1. The SMILES string of the molecule is COC(=O)C1CCCN1S(=O)(=O)N1CCCCC1C(=O)O. The summed E-state index contributed by atoms with van der Waals surface area (Å²) in [5.41, 5.74) is 0. The molecule has 2 fully saturated rings. The average molecular weight is 320 g/mol. The summed E-state index contributed by atoms with van der Waals surface area (Å²) in [5.74, 6) is -1.74. The Kier molecular flexibility index (Phi) is 4.84. The van der Waals surface area contributed by atoms with E-state index in [1.807, 2.05) is 0 Å². The van der Waals surface area contributed by atoms with Crippen LogP contribution in [0.25, 0.3) is 0 Å². The fraction of sp³-hybridized carbons (Fsp3) is 0.833. The summed E-state index contributed by atoms with van der Waals surface area (Å²) in [6.07, 6.45) is 2.57. The van der Waals surface area contributed by atoms with Crippen LogP contribution in [0.15, 0.2) is 0 Å². The Morgan fingerprint density at radius 1 is 1.05 bits per heavy atom. The van der Waals surface area contributed by atoms with Gasteiger partial charge in [0.25, 0.3) is 10.2 Å². The zero-order chi connectivity index (χ0) is 15.6. The highest BCUT2D eigenvalue weighted by atomic mass is 32.2. The van der Waals surface area contributed by atoms with Crippen LogP contribution in [0.5, 0.6) is 0 Å². The number of nitrogens with zero attached hydrogens (tertiary/aromatic N) is 2. The molecule has 2 rings (SSSR count). The van der Waals surface area contributed by atoms with E-state index in [1.165, 1.54) is 7.11 Å². The first-order chi connectivity index (χ1) is 9.89. The molecule has 1 N–H and O–H groups in total. The summed E-state index contributed by atoms with van der Waals surface area (Å²) >= 11 is 0. The van der Waals surface area contributed by atoms with Gasteiger partial charge in [0.05, 0.1) is 7.11 Å². The number of hydrogen-bond acceptors (Lipinski definition) is 5. The predicted molar refractivity (Wildman–Crippen MR) is 72.6 cm³/mol. The van der Waals surface area contributed by atoms with Crippen molar-refractivity contribution in [2.24, 2.45) is 0 Å². The van der Waals surface area contributed by atoms with Gasteiger partial charge in [0, 0.05) is 13.1 Å². The highest BCUT2D eigenvalue weighted by Crippen LogP contribution is 2.28. The van der Waals surface area contributed by atoms with Gasteiger partial charge in [-0.25, -0.2) is 0 Å². The maximum atomic E-state index is 12.7. The number of aliphatic carboxylic acids is 1. The molecule has 120 valence electrons. The normalized spacial score (nSPS) is 28.4. The van der Waals surface area contributed by atoms with Gasteiger partial charge in [0.2, 0.25) is 0 Å². The molecule has 2 atom stereocenters. The third-order valence-electron chi connectivity index (χ3n) is 4.01. The molecule has 8 nitrogen and oxygen atoms in total. The molecule has 2 aliphatic heterocycles. The van der Waals surface area contributed by atoms with Gasteiger partial charge >= 0.3 is 11.9 Å². The summed E-state index contributed by atoms with van der Waals surface area (Å²) in [6, 6.07) is -1.90. The smallest absolute Gasteiger partial charge is 0.324 e. The van der Waals surface area contributed by atoms with Crippen LogP contribution in [0.2, 0.25) is 0 Å². The van der Waals surface area contributed by atoms with Gasteiger partial charge in [0.15, 0.2) is 0 Å². The molecule has 2 unspecified atom stereocenters. The third-order valence-corrected chi connectivity index (χ3v) is 6.07. The molecule has 0 aromatic carbocycles. The standard InChI is InChI=1S/C12H20N2O6S/c1-20-12(17)10-6-4-8-14(10)21(18,19)13-7-3-2-5-9(13)11(15)16/h9-10H,2-8H2,1H3,(H,15,16). The number of esters is 1. The predicted octanol–water partition coefficient (Wildman–Crippen LogP) is -0.192. The number of carbonyl (C=O) groups excluding carboxylic acids is 1. The second kappa shape index (κ2) is 6.29. The van der Waals surface area contributed by atoms with Gasteiger partial charge in [-0.3, -0.25) is 9.59 Å². The van der Waals surface area contributed by atoms with E-state index in [0.717, 1.165) is 8.61 Å². The van der Waals surface area contributed by atoms with Crippen molar-refractivity contribution >= 4 is 22.1 Å². The number of methoxy groups -OCH3 is 1. The average Bonchev–Trinajstić information content (AvgIpc) is 2.96. The van der Waals surface area contributed by atoms with Gasteiger partial charge < -0.3 is 9.84 Å². The first-order valence-electron chi connectivity index (χ1n) is 6.99. The van der Waals surface area contributed by atoms with E-state index < -0.39 is 34.2 Å². The molecule has 0 aromatic rings. The minimum atomic E-state index is -3.98. The molecular weight excluding hydrogens is 300 g/mol. The Balaban J connectivity index is 2.27. The molecule has 9 heteroatoms. The van der Waals surface area contributed by atoms with Crippen molar-refractivity contribution in [2.45, 2.75) is 44.2 Å². The lowest BCUT2D eigenvalue weighted by molar-refractivity contribution is -0.144. The van der Waals surface area contributed by atoms with Crippen LogP contribution in [0.1, 0.15) is 32.1 Å². The van der Waals surface area contributed by atoms with Crippen LogP contribution < -0.4 is 0 Å². The maximum absolute atomic E-state index is 12.7. The lowest BCUT2D eigenvalue weighted by atomic mass is 10.1. The van der Waals surface area contributed by atoms with Gasteiger partial charge in [-0.15, -0.1) is 0 Å². The van der Waals surface area contributed by atoms with Crippen molar-refractivity contribution < 1.29 is 27.9 Å². The molecule has 0 spiro atoms. The zero-order valence-electron chi connectivity index (χ0n) is 11.9. The number of hydrogen-bond donors (Lipinski definition) is 1. The first kappa shape index (κ1) is 16.2. The lowest BCUT2D eigenvalue weighted by Gasteiger charge is -2.35.